The first-order valence-corrected chi connectivity index (χ1v) is 4.77. The zero-order valence-electron chi connectivity index (χ0n) is 8.74. The maximum Gasteiger partial charge on any atom is 0.123 e. The van der Waals surface area contributed by atoms with Crippen molar-refractivity contribution in [3.63, 3.8) is 0 Å². The van der Waals surface area contributed by atoms with Crippen LogP contribution in [0.3, 0.4) is 0 Å². The van der Waals surface area contributed by atoms with Gasteiger partial charge in [-0.25, -0.2) is 4.39 Å². The van der Waals surface area contributed by atoms with E-state index >= 15 is 0 Å². The van der Waals surface area contributed by atoms with Gasteiger partial charge >= 0.3 is 0 Å². The van der Waals surface area contributed by atoms with Crippen LogP contribution >= 0.6 is 12.4 Å². The number of benzene rings is 1. The Morgan fingerprint density at radius 1 is 1.47 bits per heavy atom. The zero-order chi connectivity index (χ0) is 10.6. The fraction of sp³-hybridized carbons (Fsp3) is 0.455. The molecule has 2 nitrogen and oxygen atoms in total. The first-order valence-electron chi connectivity index (χ1n) is 4.77. The predicted octanol–water partition coefficient (Wildman–Crippen LogP) is 2.33. The maximum atomic E-state index is 12.8. The van der Waals surface area contributed by atoms with Crippen molar-refractivity contribution in [2.75, 3.05) is 6.61 Å². The molecule has 0 aliphatic carbocycles. The van der Waals surface area contributed by atoms with E-state index < -0.39 is 0 Å². The third-order valence-electron chi connectivity index (χ3n) is 2.30. The Labute approximate surface area is 95.7 Å². The van der Waals surface area contributed by atoms with Gasteiger partial charge in [-0.05, 0) is 43.0 Å². The Kier molecular flexibility index (Phi) is 6.48. The van der Waals surface area contributed by atoms with E-state index in [0.717, 1.165) is 17.5 Å². The highest BCUT2D eigenvalue weighted by atomic mass is 35.5. The Morgan fingerprint density at radius 3 is 2.67 bits per heavy atom. The first-order chi connectivity index (χ1) is 6.65. The zero-order valence-corrected chi connectivity index (χ0v) is 9.56. The van der Waals surface area contributed by atoms with Gasteiger partial charge in [0.25, 0.3) is 0 Å². The SMILES string of the molecule is Cc1cc(F)ccc1[C@H](N)CCCO.Cl. The van der Waals surface area contributed by atoms with Crippen molar-refractivity contribution in [2.24, 2.45) is 5.73 Å². The summed E-state index contributed by atoms with van der Waals surface area (Å²) in [5, 5.41) is 8.66. The molecular weight excluding hydrogens is 217 g/mol. The Morgan fingerprint density at radius 2 is 2.13 bits per heavy atom. The Balaban J connectivity index is 0.00000196. The van der Waals surface area contributed by atoms with E-state index in [0.29, 0.717) is 6.42 Å². The van der Waals surface area contributed by atoms with Crippen LogP contribution in [0.25, 0.3) is 0 Å². The summed E-state index contributed by atoms with van der Waals surface area (Å²) < 4.78 is 12.8. The normalized spacial score (nSPS) is 12.0. The molecule has 3 N–H and O–H groups in total. The van der Waals surface area contributed by atoms with Gasteiger partial charge in [0, 0.05) is 12.6 Å². The second-order valence-electron chi connectivity index (χ2n) is 3.47. The quantitative estimate of drug-likeness (QED) is 0.839. The van der Waals surface area contributed by atoms with Gasteiger partial charge in [0.05, 0.1) is 0 Å². The molecule has 1 atom stereocenters. The summed E-state index contributed by atoms with van der Waals surface area (Å²) in [4.78, 5) is 0. The van der Waals surface area contributed by atoms with Crippen LogP contribution in [0, 0.1) is 12.7 Å². The lowest BCUT2D eigenvalue weighted by molar-refractivity contribution is 0.280. The number of aliphatic hydroxyl groups excluding tert-OH is 1. The van der Waals surface area contributed by atoms with Crippen LogP contribution in [-0.4, -0.2) is 11.7 Å². The molecule has 4 heteroatoms. The molecule has 86 valence electrons. The van der Waals surface area contributed by atoms with Crippen molar-refractivity contribution in [2.45, 2.75) is 25.8 Å². The van der Waals surface area contributed by atoms with E-state index in [1.165, 1.54) is 12.1 Å². The van der Waals surface area contributed by atoms with Gasteiger partial charge in [-0.15, -0.1) is 12.4 Å². The summed E-state index contributed by atoms with van der Waals surface area (Å²) in [6.07, 6.45) is 1.40. The van der Waals surface area contributed by atoms with Crippen LogP contribution in [0.15, 0.2) is 18.2 Å². The highest BCUT2D eigenvalue weighted by Crippen LogP contribution is 2.20. The number of hydrogen-bond donors (Lipinski definition) is 2. The van der Waals surface area contributed by atoms with E-state index in [1.54, 1.807) is 6.07 Å². The van der Waals surface area contributed by atoms with E-state index in [4.69, 9.17) is 10.8 Å². The third-order valence-corrected chi connectivity index (χ3v) is 2.30. The van der Waals surface area contributed by atoms with Crippen LogP contribution in [0.4, 0.5) is 4.39 Å². The third kappa shape index (κ3) is 4.16. The summed E-state index contributed by atoms with van der Waals surface area (Å²) in [5.74, 6) is -0.236. The maximum absolute atomic E-state index is 12.8. The summed E-state index contributed by atoms with van der Waals surface area (Å²) in [6.45, 7) is 1.99. The number of halogens is 2. The number of aliphatic hydroxyl groups is 1. The highest BCUT2D eigenvalue weighted by molar-refractivity contribution is 5.85. The standard InChI is InChI=1S/C11H16FNO.ClH/c1-8-7-9(12)4-5-10(8)11(13)3-2-6-14;/h4-5,7,11,14H,2-3,6,13H2,1H3;1H/t11-;/m1./s1. The molecule has 0 saturated carbocycles. The molecule has 0 aromatic heterocycles. The summed E-state index contributed by atoms with van der Waals surface area (Å²) in [5.41, 5.74) is 7.73. The lowest BCUT2D eigenvalue weighted by atomic mass is 9.98. The minimum absolute atomic E-state index is 0. The van der Waals surface area contributed by atoms with Crippen molar-refractivity contribution >= 4 is 12.4 Å². The van der Waals surface area contributed by atoms with Crippen LogP contribution in [0.2, 0.25) is 0 Å². The van der Waals surface area contributed by atoms with Crippen LogP contribution in [-0.2, 0) is 0 Å². The largest absolute Gasteiger partial charge is 0.396 e. The van der Waals surface area contributed by atoms with Crippen molar-refractivity contribution in [3.05, 3.63) is 35.1 Å². The molecule has 0 heterocycles. The molecule has 1 rings (SSSR count). The summed E-state index contributed by atoms with van der Waals surface area (Å²) in [7, 11) is 0. The molecule has 0 bridgehead atoms. The number of rotatable bonds is 4. The Hall–Kier alpha value is -0.640. The van der Waals surface area contributed by atoms with Crippen molar-refractivity contribution in [3.8, 4) is 0 Å². The lowest BCUT2D eigenvalue weighted by Crippen LogP contribution is -2.12. The van der Waals surface area contributed by atoms with Crippen molar-refractivity contribution in [1.82, 2.24) is 0 Å². The minimum atomic E-state index is -0.236. The fourth-order valence-corrected chi connectivity index (χ4v) is 1.52. The van der Waals surface area contributed by atoms with Crippen LogP contribution < -0.4 is 5.73 Å². The first kappa shape index (κ1) is 14.4. The molecule has 0 radical (unpaired) electrons. The van der Waals surface area contributed by atoms with Crippen molar-refractivity contribution in [1.29, 1.82) is 0 Å². The average molecular weight is 234 g/mol. The van der Waals surface area contributed by atoms with Gasteiger partial charge in [0.2, 0.25) is 0 Å². The smallest absolute Gasteiger partial charge is 0.123 e. The summed E-state index contributed by atoms with van der Waals surface area (Å²) in [6, 6.07) is 4.50. The van der Waals surface area contributed by atoms with E-state index in [2.05, 4.69) is 0 Å². The van der Waals surface area contributed by atoms with Gasteiger partial charge in [-0.2, -0.15) is 0 Å². The van der Waals surface area contributed by atoms with E-state index in [9.17, 15) is 4.39 Å². The molecule has 0 unspecified atom stereocenters. The summed E-state index contributed by atoms with van der Waals surface area (Å²) >= 11 is 0. The lowest BCUT2D eigenvalue weighted by Gasteiger charge is -2.13. The Bertz CT molecular complexity index is 307. The molecule has 15 heavy (non-hydrogen) atoms. The minimum Gasteiger partial charge on any atom is -0.396 e. The second kappa shape index (κ2) is 6.77. The van der Waals surface area contributed by atoms with Crippen molar-refractivity contribution < 1.29 is 9.50 Å². The molecule has 0 saturated heterocycles. The van der Waals surface area contributed by atoms with E-state index in [1.807, 2.05) is 6.92 Å². The second-order valence-corrected chi connectivity index (χ2v) is 3.47. The van der Waals surface area contributed by atoms with Gasteiger partial charge < -0.3 is 10.8 Å². The fourth-order valence-electron chi connectivity index (χ4n) is 1.52. The molecule has 0 aliphatic rings. The van der Waals surface area contributed by atoms with Crippen LogP contribution in [0.1, 0.15) is 30.0 Å². The van der Waals surface area contributed by atoms with Gasteiger partial charge in [-0.3, -0.25) is 0 Å². The molecule has 1 aromatic carbocycles. The molecule has 0 spiro atoms. The number of nitrogens with two attached hydrogens (primary N) is 1. The average Bonchev–Trinajstić information content (AvgIpc) is 2.14. The number of aryl methyl sites for hydroxylation is 1. The highest BCUT2D eigenvalue weighted by Gasteiger charge is 2.08. The van der Waals surface area contributed by atoms with Gasteiger partial charge in [-0.1, -0.05) is 6.07 Å². The van der Waals surface area contributed by atoms with E-state index in [-0.39, 0.29) is 30.9 Å². The van der Waals surface area contributed by atoms with Gasteiger partial charge in [0.1, 0.15) is 5.82 Å². The molecule has 0 aliphatic heterocycles. The van der Waals surface area contributed by atoms with Gasteiger partial charge in [0.15, 0.2) is 0 Å². The monoisotopic (exact) mass is 233 g/mol. The molecule has 0 amide bonds. The van der Waals surface area contributed by atoms with Crippen LogP contribution in [0.5, 0.6) is 0 Å². The molecule has 0 fully saturated rings. The number of hydrogen-bond acceptors (Lipinski definition) is 2. The molecular formula is C11H17ClFNO. The topological polar surface area (TPSA) is 46.2 Å². The predicted molar refractivity (Wildman–Crippen MR) is 61.6 cm³/mol. The molecule has 1 aromatic rings.